The molecule has 5 heteroatoms. The molecule has 0 heterocycles. The number of hydrogen-bond donors (Lipinski definition) is 1. The summed E-state index contributed by atoms with van der Waals surface area (Å²) in [5.74, 6) is 0.0824. The molecule has 1 saturated carbocycles. The first kappa shape index (κ1) is 14.4. The molecule has 0 aromatic heterocycles. The zero-order chi connectivity index (χ0) is 14.5. The predicted molar refractivity (Wildman–Crippen MR) is 73.9 cm³/mol. The van der Waals surface area contributed by atoms with Crippen molar-refractivity contribution < 1.29 is 19.4 Å². The molecule has 1 aromatic carbocycles. The van der Waals surface area contributed by atoms with Gasteiger partial charge in [0, 0.05) is 19.2 Å². The molecule has 5 nitrogen and oxygen atoms in total. The molecule has 0 aliphatic heterocycles. The summed E-state index contributed by atoms with van der Waals surface area (Å²) in [4.78, 5) is 24.4. The SMILES string of the molecule is CN(CCC1CC1)C(=O)c1cccc(OCC(=O)O)c1. The molecule has 2 rings (SSSR count). The number of rotatable bonds is 7. The standard InChI is InChI=1S/C15H19NO4/c1-16(8-7-11-5-6-11)15(19)12-3-2-4-13(9-12)20-10-14(17)18/h2-4,9,11H,5-8,10H2,1H3,(H,17,18). The summed E-state index contributed by atoms with van der Waals surface area (Å²) in [6.45, 7) is 0.346. The quantitative estimate of drug-likeness (QED) is 0.828. The smallest absolute Gasteiger partial charge is 0.341 e. The fourth-order valence-electron chi connectivity index (χ4n) is 1.97. The summed E-state index contributed by atoms with van der Waals surface area (Å²) in [7, 11) is 1.79. The Hall–Kier alpha value is -2.04. The first-order chi connectivity index (χ1) is 9.56. The molecule has 0 spiro atoms. The summed E-state index contributed by atoms with van der Waals surface area (Å²) in [6, 6.07) is 6.63. The minimum absolute atomic E-state index is 0.0635. The third-order valence-corrected chi connectivity index (χ3v) is 3.36. The topological polar surface area (TPSA) is 66.8 Å². The maximum Gasteiger partial charge on any atom is 0.341 e. The van der Waals surface area contributed by atoms with Crippen molar-refractivity contribution in [2.24, 2.45) is 5.92 Å². The van der Waals surface area contributed by atoms with Crippen molar-refractivity contribution in [2.75, 3.05) is 20.2 Å². The van der Waals surface area contributed by atoms with Crippen LogP contribution in [0.2, 0.25) is 0 Å². The van der Waals surface area contributed by atoms with E-state index in [1.807, 2.05) is 0 Å². The number of carbonyl (C=O) groups is 2. The largest absolute Gasteiger partial charge is 0.482 e. The van der Waals surface area contributed by atoms with Crippen molar-refractivity contribution in [1.29, 1.82) is 0 Å². The van der Waals surface area contributed by atoms with Crippen molar-refractivity contribution in [3.05, 3.63) is 29.8 Å². The van der Waals surface area contributed by atoms with E-state index >= 15 is 0 Å². The number of amides is 1. The van der Waals surface area contributed by atoms with Crippen LogP contribution in [0.25, 0.3) is 0 Å². The van der Waals surface area contributed by atoms with Gasteiger partial charge in [-0.15, -0.1) is 0 Å². The number of nitrogens with zero attached hydrogens (tertiary/aromatic N) is 1. The van der Waals surface area contributed by atoms with Gasteiger partial charge in [-0.05, 0) is 30.5 Å². The Kier molecular flexibility index (Phi) is 4.61. The first-order valence-corrected chi connectivity index (χ1v) is 6.76. The van der Waals surface area contributed by atoms with E-state index in [1.54, 1.807) is 36.2 Å². The van der Waals surface area contributed by atoms with Gasteiger partial charge >= 0.3 is 5.97 Å². The summed E-state index contributed by atoms with van der Waals surface area (Å²) in [6.07, 6.45) is 3.61. The average Bonchev–Trinajstić information content (AvgIpc) is 3.26. The van der Waals surface area contributed by atoms with Crippen LogP contribution >= 0.6 is 0 Å². The van der Waals surface area contributed by atoms with E-state index in [9.17, 15) is 9.59 Å². The van der Waals surface area contributed by atoms with Crippen LogP contribution in [0.15, 0.2) is 24.3 Å². The molecule has 20 heavy (non-hydrogen) atoms. The molecular weight excluding hydrogens is 258 g/mol. The fraction of sp³-hybridized carbons (Fsp3) is 0.467. The van der Waals surface area contributed by atoms with Crippen molar-refractivity contribution in [3.63, 3.8) is 0 Å². The van der Waals surface area contributed by atoms with Crippen LogP contribution in [0.5, 0.6) is 5.75 Å². The Morgan fingerprint density at radius 2 is 2.15 bits per heavy atom. The average molecular weight is 277 g/mol. The highest BCUT2D eigenvalue weighted by Crippen LogP contribution is 2.32. The van der Waals surface area contributed by atoms with Gasteiger partial charge in [0.15, 0.2) is 6.61 Å². The Balaban J connectivity index is 1.93. The molecule has 1 aliphatic rings. The second-order valence-corrected chi connectivity index (χ2v) is 5.17. The van der Waals surface area contributed by atoms with Crippen LogP contribution in [0.1, 0.15) is 29.6 Å². The number of carboxylic acid groups (broad SMARTS) is 1. The summed E-state index contributed by atoms with van der Waals surface area (Å²) in [5.41, 5.74) is 0.520. The second-order valence-electron chi connectivity index (χ2n) is 5.17. The molecule has 108 valence electrons. The van der Waals surface area contributed by atoms with E-state index in [4.69, 9.17) is 9.84 Å². The number of aliphatic carboxylic acids is 1. The highest BCUT2D eigenvalue weighted by atomic mass is 16.5. The highest BCUT2D eigenvalue weighted by Gasteiger charge is 2.22. The van der Waals surface area contributed by atoms with Gasteiger partial charge in [-0.25, -0.2) is 4.79 Å². The molecule has 1 aromatic rings. The zero-order valence-corrected chi connectivity index (χ0v) is 11.5. The molecule has 0 atom stereocenters. The van der Waals surface area contributed by atoms with Crippen LogP contribution in [0, 0.1) is 5.92 Å². The minimum atomic E-state index is -1.04. The van der Waals surface area contributed by atoms with Crippen LogP contribution < -0.4 is 4.74 Å². The van der Waals surface area contributed by atoms with Gasteiger partial charge in [0.1, 0.15) is 5.75 Å². The number of hydrogen-bond acceptors (Lipinski definition) is 3. The molecule has 0 unspecified atom stereocenters. The van der Waals surface area contributed by atoms with Gasteiger partial charge in [-0.3, -0.25) is 4.79 Å². The van der Waals surface area contributed by atoms with E-state index < -0.39 is 12.6 Å². The fourth-order valence-corrected chi connectivity index (χ4v) is 1.97. The lowest BCUT2D eigenvalue weighted by molar-refractivity contribution is -0.139. The van der Waals surface area contributed by atoms with Crippen LogP contribution in [-0.4, -0.2) is 42.1 Å². The molecule has 0 saturated heterocycles. The normalized spacial score (nSPS) is 13.8. The number of carbonyl (C=O) groups excluding carboxylic acids is 1. The number of carboxylic acids is 1. The van der Waals surface area contributed by atoms with Crippen molar-refractivity contribution in [3.8, 4) is 5.75 Å². The number of ether oxygens (including phenoxy) is 1. The Morgan fingerprint density at radius 3 is 2.80 bits per heavy atom. The van der Waals surface area contributed by atoms with E-state index in [0.29, 0.717) is 11.3 Å². The van der Waals surface area contributed by atoms with Crippen molar-refractivity contribution in [2.45, 2.75) is 19.3 Å². The lowest BCUT2D eigenvalue weighted by Crippen LogP contribution is -2.28. The molecule has 1 fully saturated rings. The van der Waals surface area contributed by atoms with Crippen molar-refractivity contribution >= 4 is 11.9 Å². The van der Waals surface area contributed by atoms with Gasteiger partial charge in [-0.1, -0.05) is 18.9 Å². The predicted octanol–water partition coefficient (Wildman–Crippen LogP) is 2.02. The molecule has 1 aliphatic carbocycles. The minimum Gasteiger partial charge on any atom is -0.482 e. The van der Waals surface area contributed by atoms with Gasteiger partial charge < -0.3 is 14.7 Å². The van der Waals surface area contributed by atoms with Gasteiger partial charge in [0.2, 0.25) is 0 Å². The zero-order valence-electron chi connectivity index (χ0n) is 11.5. The third-order valence-electron chi connectivity index (χ3n) is 3.36. The maximum atomic E-state index is 12.2. The molecule has 0 radical (unpaired) electrons. The summed E-state index contributed by atoms with van der Waals surface area (Å²) < 4.78 is 5.08. The third kappa shape index (κ3) is 4.26. The van der Waals surface area contributed by atoms with E-state index in [0.717, 1.165) is 18.9 Å². The Morgan fingerprint density at radius 1 is 1.40 bits per heavy atom. The van der Waals surface area contributed by atoms with E-state index in [1.165, 1.54) is 12.8 Å². The lowest BCUT2D eigenvalue weighted by Gasteiger charge is -2.17. The van der Waals surface area contributed by atoms with Crippen LogP contribution in [-0.2, 0) is 4.79 Å². The first-order valence-electron chi connectivity index (χ1n) is 6.76. The molecule has 1 amide bonds. The van der Waals surface area contributed by atoms with Gasteiger partial charge in [0.05, 0.1) is 0 Å². The monoisotopic (exact) mass is 277 g/mol. The Labute approximate surface area is 118 Å². The Bertz CT molecular complexity index is 496. The van der Waals surface area contributed by atoms with Gasteiger partial charge in [-0.2, -0.15) is 0 Å². The molecule has 0 bridgehead atoms. The summed E-state index contributed by atoms with van der Waals surface area (Å²) in [5, 5.41) is 8.57. The summed E-state index contributed by atoms with van der Waals surface area (Å²) >= 11 is 0. The van der Waals surface area contributed by atoms with Crippen molar-refractivity contribution in [1.82, 2.24) is 4.90 Å². The van der Waals surface area contributed by atoms with Crippen LogP contribution in [0.4, 0.5) is 0 Å². The lowest BCUT2D eigenvalue weighted by atomic mass is 10.2. The van der Waals surface area contributed by atoms with Crippen LogP contribution in [0.3, 0.4) is 0 Å². The molecular formula is C15H19NO4. The highest BCUT2D eigenvalue weighted by molar-refractivity contribution is 5.94. The van der Waals surface area contributed by atoms with Gasteiger partial charge in [0.25, 0.3) is 5.91 Å². The number of benzene rings is 1. The van der Waals surface area contributed by atoms with E-state index in [-0.39, 0.29) is 5.91 Å². The molecule has 1 N–H and O–H groups in total. The van der Waals surface area contributed by atoms with E-state index in [2.05, 4.69) is 0 Å². The maximum absolute atomic E-state index is 12.2. The second kappa shape index (κ2) is 6.41.